The molecule has 1 atom stereocenters. The van der Waals surface area contributed by atoms with Crippen LogP contribution in [0.1, 0.15) is 17.4 Å². The van der Waals surface area contributed by atoms with E-state index in [4.69, 9.17) is 18.3 Å². The molecule has 7 nitrogen and oxygen atoms in total. The highest BCUT2D eigenvalue weighted by atomic mass is 16.5. The summed E-state index contributed by atoms with van der Waals surface area (Å²) in [6.45, 7) is 2.30. The maximum Gasteiger partial charge on any atom is 0.281 e. The maximum absolute atomic E-state index is 13.2. The van der Waals surface area contributed by atoms with E-state index in [-0.39, 0.29) is 17.7 Å². The van der Waals surface area contributed by atoms with Crippen LogP contribution in [-0.2, 0) is 0 Å². The van der Waals surface area contributed by atoms with Crippen molar-refractivity contribution >= 4 is 11.6 Å². The normalized spacial score (nSPS) is 16.2. The summed E-state index contributed by atoms with van der Waals surface area (Å²) in [4.78, 5) is 18.9. The number of fused-ring (bicyclic) bond motifs is 1. The molecule has 0 N–H and O–H groups in total. The molecule has 0 bridgehead atoms. The summed E-state index contributed by atoms with van der Waals surface area (Å²) in [6.07, 6.45) is 2.61. The molecule has 3 aromatic rings. The van der Waals surface area contributed by atoms with Crippen molar-refractivity contribution in [2.24, 2.45) is 0 Å². The van der Waals surface area contributed by atoms with E-state index in [0.717, 1.165) is 0 Å². The number of ether oxygens (including phenoxy) is 2. The van der Waals surface area contributed by atoms with Crippen molar-refractivity contribution in [3.8, 4) is 23.0 Å². The number of oxazole rings is 1. The fourth-order valence-corrected chi connectivity index (χ4v) is 2.85. The minimum atomic E-state index is -0.287. The third-order valence-corrected chi connectivity index (χ3v) is 3.98. The first-order valence-electron chi connectivity index (χ1n) is 7.81. The van der Waals surface area contributed by atoms with Crippen molar-refractivity contribution in [2.75, 3.05) is 18.6 Å². The van der Waals surface area contributed by atoms with Gasteiger partial charge in [-0.25, -0.2) is 4.98 Å². The number of hydrogen-bond acceptors (Lipinski definition) is 6. The Balaban J connectivity index is 1.76. The Labute approximate surface area is 143 Å². The molecule has 0 fully saturated rings. The average Bonchev–Trinajstić information content (AvgIpc) is 3.30. The van der Waals surface area contributed by atoms with Gasteiger partial charge >= 0.3 is 0 Å². The second-order valence-electron chi connectivity index (χ2n) is 5.69. The van der Waals surface area contributed by atoms with Crippen molar-refractivity contribution in [1.29, 1.82) is 0 Å². The number of methoxy groups -OCH3 is 1. The molecular formula is C18H16N2O5. The van der Waals surface area contributed by atoms with Gasteiger partial charge in [0.15, 0.2) is 17.8 Å². The van der Waals surface area contributed by atoms with Gasteiger partial charge in [-0.05, 0) is 31.2 Å². The largest absolute Gasteiger partial charge is 0.497 e. The van der Waals surface area contributed by atoms with Gasteiger partial charge in [-0.1, -0.05) is 0 Å². The van der Waals surface area contributed by atoms with Crippen molar-refractivity contribution in [3.05, 3.63) is 48.7 Å². The highest BCUT2D eigenvalue weighted by Crippen LogP contribution is 2.38. The molecule has 4 rings (SSSR count). The van der Waals surface area contributed by atoms with Gasteiger partial charge in [0.2, 0.25) is 5.76 Å². The van der Waals surface area contributed by atoms with E-state index < -0.39 is 0 Å². The summed E-state index contributed by atoms with van der Waals surface area (Å²) in [5.74, 6) is 1.73. The van der Waals surface area contributed by atoms with E-state index in [9.17, 15) is 4.79 Å². The summed E-state index contributed by atoms with van der Waals surface area (Å²) in [5.41, 5.74) is 0.827. The molecule has 1 amide bonds. The first-order chi connectivity index (χ1) is 12.2. The van der Waals surface area contributed by atoms with Gasteiger partial charge in [0, 0.05) is 6.07 Å². The summed E-state index contributed by atoms with van der Waals surface area (Å²) in [7, 11) is 1.58. The van der Waals surface area contributed by atoms with Crippen LogP contribution in [0.3, 0.4) is 0 Å². The van der Waals surface area contributed by atoms with E-state index in [1.807, 2.05) is 6.92 Å². The first kappa shape index (κ1) is 15.3. The molecule has 3 heterocycles. The lowest BCUT2D eigenvalue weighted by Gasteiger charge is -2.33. The molecule has 128 valence electrons. The lowest BCUT2D eigenvalue weighted by atomic mass is 10.1. The van der Waals surface area contributed by atoms with Crippen molar-refractivity contribution in [1.82, 2.24) is 4.98 Å². The van der Waals surface area contributed by atoms with Gasteiger partial charge in [0.05, 0.1) is 25.6 Å². The molecule has 1 aliphatic heterocycles. The van der Waals surface area contributed by atoms with Crippen LogP contribution in [0.4, 0.5) is 5.69 Å². The zero-order chi connectivity index (χ0) is 17.4. The summed E-state index contributed by atoms with van der Waals surface area (Å²) < 4.78 is 21.8. The predicted molar refractivity (Wildman–Crippen MR) is 89.0 cm³/mol. The molecule has 25 heavy (non-hydrogen) atoms. The van der Waals surface area contributed by atoms with Crippen LogP contribution in [0.5, 0.6) is 11.5 Å². The molecular weight excluding hydrogens is 324 g/mol. The lowest BCUT2D eigenvalue weighted by Crippen LogP contribution is -2.42. The van der Waals surface area contributed by atoms with Crippen LogP contribution in [0.15, 0.2) is 51.8 Å². The van der Waals surface area contributed by atoms with Crippen LogP contribution >= 0.6 is 0 Å². The number of benzene rings is 1. The standard InChI is InChI=1S/C18H16N2O5/c1-11-9-20(13-8-12(22-2)5-6-14(13)25-11)18(21)16-17(24-10-19-16)15-4-3-7-23-15/h3-8,10-11H,9H2,1-2H3. The Morgan fingerprint density at radius 3 is 2.96 bits per heavy atom. The molecule has 0 spiro atoms. The Bertz CT molecular complexity index is 900. The molecule has 7 heteroatoms. The topological polar surface area (TPSA) is 77.9 Å². The molecule has 0 radical (unpaired) electrons. The maximum atomic E-state index is 13.2. The summed E-state index contributed by atoms with van der Waals surface area (Å²) >= 11 is 0. The molecule has 0 aliphatic carbocycles. The molecule has 1 aliphatic rings. The van der Waals surface area contributed by atoms with Crippen LogP contribution < -0.4 is 14.4 Å². The third-order valence-electron chi connectivity index (χ3n) is 3.98. The fourth-order valence-electron chi connectivity index (χ4n) is 2.85. The number of furan rings is 1. The Morgan fingerprint density at radius 2 is 2.20 bits per heavy atom. The Hall–Kier alpha value is -3.22. The highest BCUT2D eigenvalue weighted by Gasteiger charge is 2.32. The predicted octanol–water partition coefficient (Wildman–Crippen LogP) is 3.37. The van der Waals surface area contributed by atoms with Crippen molar-refractivity contribution < 1.29 is 23.1 Å². The number of carbonyl (C=O) groups excluding carboxylic acids is 1. The van der Waals surface area contributed by atoms with Crippen LogP contribution in [0, 0.1) is 0 Å². The molecule has 2 aromatic heterocycles. The monoisotopic (exact) mass is 340 g/mol. The molecule has 1 aromatic carbocycles. The Morgan fingerprint density at radius 1 is 1.32 bits per heavy atom. The zero-order valence-electron chi connectivity index (χ0n) is 13.8. The van der Waals surface area contributed by atoms with Crippen LogP contribution in [0.25, 0.3) is 11.5 Å². The minimum Gasteiger partial charge on any atom is -0.497 e. The SMILES string of the molecule is COc1ccc2c(c1)N(C(=O)c1ncoc1-c1ccco1)CC(C)O2. The molecule has 0 saturated heterocycles. The number of carbonyl (C=O) groups is 1. The number of aromatic nitrogens is 1. The second-order valence-corrected chi connectivity index (χ2v) is 5.69. The first-order valence-corrected chi connectivity index (χ1v) is 7.81. The van der Waals surface area contributed by atoms with Gasteiger partial charge < -0.3 is 18.3 Å². The highest BCUT2D eigenvalue weighted by molar-refractivity contribution is 6.08. The Kier molecular flexibility index (Phi) is 3.68. The smallest absolute Gasteiger partial charge is 0.281 e. The third kappa shape index (κ3) is 2.63. The number of hydrogen-bond donors (Lipinski definition) is 0. The number of anilines is 1. The fraction of sp³-hybridized carbons (Fsp3) is 0.222. The second kappa shape index (κ2) is 6.01. The van der Waals surface area contributed by atoms with Gasteiger partial charge in [0.1, 0.15) is 17.6 Å². The van der Waals surface area contributed by atoms with Gasteiger partial charge in [-0.2, -0.15) is 0 Å². The lowest BCUT2D eigenvalue weighted by molar-refractivity contribution is 0.0957. The van der Waals surface area contributed by atoms with Gasteiger partial charge in [0.25, 0.3) is 5.91 Å². The molecule has 1 unspecified atom stereocenters. The van der Waals surface area contributed by atoms with E-state index in [1.54, 1.807) is 42.3 Å². The average molecular weight is 340 g/mol. The zero-order valence-corrected chi connectivity index (χ0v) is 13.8. The number of rotatable bonds is 3. The quantitative estimate of drug-likeness (QED) is 0.727. The van der Waals surface area contributed by atoms with E-state index in [0.29, 0.717) is 35.3 Å². The van der Waals surface area contributed by atoms with Crippen molar-refractivity contribution in [3.63, 3.8) is 0 Å². The van der Waals surface area contributed by atoms with E-state index >= 15 is 0 Å². The van der Waals surface area contributed by atoms with E-state index in [1.165, 1.54) is 12.7 Å². The minimum absolute atomic E-state index is 0.149. The van der Waals surface area contributed by atoms with E-state index in [2.05, 4.69) is 4.98 Å². The summed E-state index contributed by atoms with van der Waals surface area (Å²) in [6, 6.07) is 8.80. The molecule has 0 saturated carbocycles. The summed E-state index contributed by atoms with van der Waals surface area (Å²) in [5, 5.41) is 0. The number of nitrogens with zero attached hydrogens (tertiary/aromatic N) is 2. The van der Waals surface area contributed by atoms with Crippen LogP contribution in [0.2, 0.25) is 0 Å². The van der Waals surface area contributed by atoms with Gasteiger partial charge in [-0.3, -0.25) is 9.69 Å². The number of amides is 1. The van der Waals surface area contributed by atoms with Crippen LogP contribution in [-0.4, -0.2) is 30.6 Å². The van der Waals surface area contributed by atoms with Crippen molar-refractivity contribution in [2.45, 2.75) is 13.0 Å². The van der Waals surface area contributed by atoms with Gasteiger partial charge in [-0.15, -0.1) is 0 Å².